The molecule has 0 aliphatic heterocycles. The van der Waals surface area contributed by atoms with Gasteiger partial charge in [-0.25, -0.2) is 4.79 Å². The minimum absolute atomic E-state index is 0.225. The van der Waals surface area contributed by atoms with Crippen LogP contribution in [-0.4, -0.2) is 34.0 Å². The number of nitro benzene ring substituents is 1. The first kappa shape index (κ1) is 16.5. The molecule has 1 atom stereocenters. The van der Waals surface area contributed by atoms with Crippen LogP contribution in [0.1, 0.15) is 29.3 Å². The summed E-state index contributed by atoms with van der Waals surface area (Å²) in [5.74, 6) is -0.264. The second-order valence-electron chi connectivity index (χ2n) is 4.44. The summed E-state index contributed by atoms with van der Waals surface area (Å²) in [4.78, 5) is 21.4. The van der Waals surface area contributed by atoms with Crippen molar-refractivity contribution in [3.05, 3.63) is 39.4 Å². The van der Waals surface area contributed by atoms with Crippen LogP contribution >= 0.6 is 11.8 Å². The van der Waals surface area contributed by atoms with Crippen molar-refractivity contribution in [2.45, 2.75) is 25.9 Å². The van der Waals surface area contributed by atoms with Crippen LogP contribution in [0.15, 0.2) is 18.2 Å². The van der Waals surface area contributed by atoms with Crippen molar-refractivity contribution in [2.24, 2.45) is 0 Å². The van der Waals surface area contributed by atoms with E-state index < -0.39 is 10.9 Å². The third-order valence-corrected chi connectivity index (χ3v) is 3.58. The SMILES string of the molecule is CSCCC(C)NCc1cccc([N+](=O)[O-])c1C(=O)O. The van der Waals surface area contributed by atoms with E-state index in [9.17, 15) is 14.9 Å². The van der Waals surface area contributed by atoms with E-state index >= 15 is 0 Å². The predicted octanol–water partition coefficient (Wildman–Crippen LogP) is 2.52. The Morgan fingerprint density at radius 2 is 2.25 bits per heavy atom. The highest BCUT2D eigenvalue weighted by molar-refractivity contribution is 7.98. The molecule has 110 valence electrons. The van der Waals surface area contributed by atoms with Crippen LogP contribution < -0.4 is 5.32 Å². The molecule has 7 heteroatoms. The van der Waals surface area contributed by atoms with Gasteiger partial charge in [0.15, 0.2) is 0 Å². The highest BCUT2D eigenvalue weighted by atomic mass is 32.2. The quantitative estimate of drug-likeness (QED) is 0.566. The minimum Gasteiger partial charge on any atom is -0.477 e. The first-order valence-corrected chi connectivity index (χ1v) is 7.58. The summed E-state index contributed by atoms with van der Waals surface area (Å²) in [6, 6.07) is 4.55. The van der Waals surface area contributed by atoms with E-state index in [0.717, 1.165) is 12.2 Å². The zero-order valence-corrected chi connectivity index (χ0v) is 12.3. The third kappa shape index (κ3) is 4.50. The zero-order valence-electron chi connectivity index (χ0n) is 11.5. The van der Waals surface area contributed by atoms with Gasteiger partial charge in [0.25, 0.3) is 5.69 Å². The topological polar surface area (TPSA) is 92.5 Å². The molecule has 0 fully saturated rings. The summed E-state index contributed by atoms with van der Waals surface area (Å²) >= 11 is 1.74. The van der Waals surface area contributed by atoms with Crippen LogP contribution in [0.4, 0.5) is 5.69 Å². The number of carboxylic acids is 1. The molecule has 1 rings (SSSR count). The van der Waals surface area contributed by atoms with Crippen LogP contribution in [0, 0.1) is 10.1 Å². The molecule has 0 aliphatic rings. The van der Waals surface area contributed by atoms with Gasteiger partial charge >= 0.3 is 5.97 Å². The average Bonchev–Trinajstić information content (AvgIpc) is 2.41. The molecule has 0 saturated heterocycles. The van der Waals surface area contributed by atoms with Crippen molar-refractivity contribution < 1.29 is 14.8 Å². The van der Waals surface area contributed by atoms with Gasteiger partial charge in [0.05, 0.1) is 4.92 Å². The number of nitro groups is 1. The summed E-state index contributed by atoms with van der Waals surface area (Å²) < 4.78 is 0. The third-order valence-electron chi connectivity index (χ3n) is 2.94. The lowest BCUT2D eigenvalue weighted by Crippen LogP contribution is -2.27. The van der Waals surface area contributed by atoms with Crippen LogP contribution in [-0.2, 0) is 6.54 Å². The van der Waals surface area contributed by atoms with Gasteiger partial charge in [-0.3, -0.25) is 10.1 Å². The van der Waals surface area contributed by atoms with Crippen molar-refractivity contribution in [2.75, 3.05) is 12.0 Å². The van der Waals surface area contributed by atoms with Gasteiger partial charge in [0.1, 0.15) is 5.56 Å². The fraction of sp³-hybridized carbons (Fsp3) is 0.462. The molecular weight excluding hydrogens is 280 g/mol. The maximum atomic E-state index is 11.2. The average molecular weight is 298 g/mol. The molecule has 1 aromatic carbocycles. The molecule has 0 amide bonds. The maximum absolute atomic E-state index is 11.2. The van der Waals surface area contributed by atoms with Crippen LogP contribution in [0.3, 0.4) is 0 Å². The number of nitrogens with zero attached hydrogens (tertiary/aromatic N) is 1. The molecule has 1 unspecified atom stereocenters. The van der Waals surface area contributed by atoms with E-state index in [1.165, 1.54) is 12.1 Å². The predicted molar refractivity (Wildman–Crippen MR) is 79.4 cm³/mol. The highest BCUT2D eigenvalue weighted by Gasteiger charge is 2.23. The maximum Gasteiger partial charge on any atom is 0.343 e. The summed E-state index contributed by atoms with van der Waals surface area (Å²) in [6.45, 7) is 2.31. The Balaban J connectivity index is 2.87. The zero-order chi connectivity index (χ0) is 15.1. The Morgan fingerprint density at radius 3 is 2.80 bits per heavy atom. The molecule has 1 aromatic rings. The van der Waals surface area contributed by atoms with Crippen molar-refractivity contribution in [1.82, 2.24) is 5.32 Å². The summed E-state index contributed by atoms with van der Waals surface area (Å²) in [5.41, 5.74) is -0.168. The van der Waals surface area contributed by atoms with E-state index in [-0.39, 0.29) is 17.3 Å². The molecule has 0 bridgehead atoms. The number of benzene rings is 1. The number of aromatic carboxylic acids is 1. The number of hydrogen-bond donors (Lipinski definition) is 2. The molecule has 0 radical (unpaired) electrons. The number of rotatable bonds is 8. The van der Waals surface area contributed by atoms with E-state index in [4.69, 9.17) is 5.11 Å². The van der Waals surface area contributed by atoms with Crippen LogP contribution in [0.25, 0.3) is 0 Å². The normalized spacial score (nSPS) is 12.1. The minimum atomic E-state index is -1.27. The number of hydrogen-bond acceptors (Lipinski definition) is 5. The Morgan fingerprint density at radius 1 is 1.55 bits per heavy atom. The fourth-order valence-electron chi connectivity index (χ4n) is 1.81. The molecular formula is C13H18N2O4S. The van der Waals surface area contributed by atoms with Crippen LogP contribution in [0.5, 0.6) is 0 Å². The Hall–Kier alpha value is -1.60. The van der Waals surface area contributed by atoms with E-state index in [1.807, 2.05) is 13.2 Å². The number of carboxylic acid groups (broad SMARTS) is 1. The first-order valence-electron chi connectivity index (χ1n) is 6.19. The van der Waals surface area contributed by atoms with Gasteiger partial charge in [-0.05, 0) is 30.9 Å². The van der Waals surface area contributed by atoms with E-state index in [0.29, 0.717) is 12.1 Å². The molecule has 6 nitrogen and oxygen atoms in total. The summed E-state index contributed by atoms with van der Waals surface area (Å²) in [5, 5.41) is 23.2. The lowest BCUT2D eigenvalue weighted by atomic mass is 10.0. The van der Waals surface area contributed by atoms with Crippen molar-refractivity contribution in [1.29, 1.82) is 0 Å². The molecule has 0 saturated carbocycles. The standard InChI is InChI=1S/C13H18N2O4S/c1-9(6-7-20-2)14-8-10-4-3-5-11(15(18)19)12(10)13(16)17/h3-5,9,14H,6-8H2,1-2H3,(H,16,17). The Bertz CT molecular complexity index is 493. The number of thioether (sulfide) groups is 1. The highest BCUT2D eigenvalue weighted by Crippen LogP contribution is 2.22. The summed E-state index contributed by atoms with van der Waals surface area (Å²) in [6.07, 6.45) is 2.98. The monoisotopic (exact) mass is 298 g/mol. The largest absolute Gasteiger partial charge is 0.477 e. The lowest BCUT2D eigenvalue weighted by Gasteiger charge is -2.14. The summed E-state index contributed by atoms with van der Waals surface area (Å²) in [7, 11) is 0. The van der Waals surface area contributed by atoms with Gasteiger partial charge in [-0.2, -0.15) is 11.8 Å². The second kappa shape index (κ2) is 7.86. The van der Waals surface area contributed by atoms with Crippen molar-refractivity contribution in [3.63, 3.8) is 0 Å². The van der Waals surface area contributed by atoms with Crippen molar-refractivity contribution in [3.8, 4) is 0 Å². The van der Waals surface area contributed by atoms with Crippen LogP contribution in [0.2, 0.25) is 0 Å². The second-order valence-corrected chi connectivity index (χ2v) is 5.42. The van der Waals surface area contributed by atoms with Gasteiger partial charge in [-0.1, -0.05) is 12.1 Å². The van der Waals surface area contributed by atoms with Gasteiger partial charge in [0.2, 0.25) is 0 Å². The smallest absolute Gasteiger partial charge is 0.343 e. The van der Waals surface area contributed by atoms with Gasteiger partial charge in [-0.15, -0.1) is 0 Å². The van der Waals surface area contributed by atoms with Gasteiger partial charge < -0.3 is 10.4 Å². The number of carbonyl (C=O) groups is 1. The molecule has 0 heterocycles. The van der Waals surface area contributed by atoms with Gasteiger partial charge in [0, 0.05) is 18.7 Å². The van der Waals surface area contributed by atoms with E-state index in [2.05, 4.69) is 5.32 Å². The Kier molecular flexibility index (Phi) is 6.47. The fourth-order valence-corrected chi connectivity index (χ4v) is 2.40. The lowest BCUT2D eigenvalue weighted by molar-refractivity contribution is -0.385. The van der Waals surface area contributed by atoms with E-state index in [1.54, 1.807) is 17.8 Å². The Labute approximate surface area is 121 Å². The number of nitrogens with one attached hydrogen (secondary N) is 1. The molecule has 20 heavy (non-hydrogen) atoms. The first-order chi connectivity index (χ1) is 9.47. The molecule has 2 N–H and O–H groups in total. The molecule has 0 aromatic heterocycles. The van der Waals surface area contributed by atoms with Crippen molar-refractivity contribution >= 4 is 23.4 Å². The molecule has 0 spiro atoms. The molecule has 0 aliphatic carbocycles.